The lowest BCUT2D eigenvalue weighted by Crippen LogP contribution is -2.19. The number of rotatable bonds is 2. The van der Waals surface area contributed by atoms with Crippen LogP contribution in [0.15, 0.2) is 40.0 Å². The molecule has 0 saturated heterocycles. The number of hydrogen-bond acceptors (Lipinski definition) is 3. The van der Waals surface area contributed by atoms with Crippen molar-refractivity contribution in [2.45, 2.75) is 11.8 Å². The minimum absolute atomic E-state index is 0.199. The molecule has 1 aromatic heterocycles. The molecule has 0 atom stereocenters. The Morgan fingerprint density at radius 2 is 1.72 bits per heavy atom. The van der Waals surface area contributed by atoms with Gasteiger partial charge in [-0.1, -0.05) is 0 Å². The summed E-state index contributed by atoms with van der Waals surface area (Å²) in [5, 5.41) is 0. The van der Waals surface area contributed by atoms with E-state index in [-0.39, 0.29) is 10.5 Å². The fourth-order valence-electron chi connectivity index (χ4n) is 1.70. The second kappa shape index (κ2) is 4.11. The molecular formula is C11H12N2O4S. The van der Waals surface area contributed by atoms with Gasteiger partial charge in [0.25, 0.3) is 15.7 Å². The molecule has 0 saturated carbocycles. The largest absolute Gasteiger partial charge is 0.294 e. The number of aryl methyl sites for hydroxylation is 1. The van der Waals surface area contributed by atoms with Crippen LogP contribution in [0.2, 0.25) is 0 Å². The normalized spacial score (nSPS) is 11.7. The molecule has 7 heteroatoms. The van der Waals surface area contributed by atoms with Crippen molar-refractivity contribution in [2.75, 3.05) is 0 Å². The van der Waals surface area contributed by atoms with Gasteiger partial charge in [0.1, 0.15) is 0 Å². The lowest BCUT2D eigenvalue weighted by molar-refractivity contribution is 0.483. The number of aromatic nitrogens is 2. The highest BCUT2D eigenvalue weighted by molar-refractivity contribution is 7.85. The fraction of sp³-hybridized carbons (Fsp3) is 0.182. The molecule has 0 fully saturated rings. The summed E-state index contributed by atoms with van der Waals surface area (Å²) >= 11 is 0. The van der Waals surface area contributed by atoms with E-state index in [1.807, 2.05) is 0 Å². The van der Waals surface area contributed by atoms with Crippen LogP contribution in [-0.2, 0) is 17.2 Å². The highest BCUT2D eigenvalue weighted by atomic mass is 32.2. The average Bonchev–Trinajstić information content (AvgIpc) is 2.52. The van der Waals surface area contributed by atoms with Gasteiger partial charge in [-0.3, -0.25) is 14.0 Å². The van der Waals surface area contributed by atoms with E-state index in [2.05, 4.69) is 0 Å². The lowest BCUT2D eigenvalue weighted by Gasteiger charge is -2.08. The summed E-state index contributed by atoms with van der Waals surface area (Å²) in [4.78, 5) is 11.5. The Labute approximate surface area is 104 Å². The minimum atomic E-state index is -4.21. The summed E-state index contributed by atoms with van der Waals surface area (Å²) in [5.74, 6) is 0. The van der Waals surface area contributed by atoms with E-state index < -0.39 is 10.1 Å². The molecule has 1 heterocycles. The molecule has 0 amide bonds. The zero-order chi connectivity index (χ0) is 13.5. The van der Waals surface area contributed by atoms with Crippen LogP contribution in [-0.4, -0.2) is 22.3 Å². The minimum Gasteiger partial charge on any atom is -0.285 e. The molecule has 1 N–H and O–H groups in total. The van der Waals surface area contributed by atoms with Crippen molar-refractivity contribution >= 4 is 10.1 Å². The molecule has 0 aliphatic carbocycles. The van der Waals surface area contributed by atoms with Crippen LogP contribution in [0, 0.1) is 6.92 Å². The third-order valence-electron chi connectivity index (χ3n) is 2.73. The molecule has 18 heavy (non-hydrogen) atoms. The number of benzene rings is 1. The lowest BCUT2D eigenvalue weighted by atomic mass is 10.3. The Kier molecular flexibility index (Phi) is 2.88. The average molecular weight is 268 g/mol. The van der Waals surface area contributed by atoms with E-state index >= 15 is 0 Å². The van der Waals surface area contributed by atoms with E-state index in [1.54, 1.807) is 18.7 Å². The molecule has 96 valence electrons. The maximum atomic E-state index is 11.7. The molecule has 0 bridgehead atoms. The van der Waals surface area contributed by atoms with E-state index in [4.69, 9.17) is 4.55 Å². The van der Waals surface area contributed by atoms with Crippen LogP contribution >= 0.6 is 0 Å². The standard InChI is InChI=1S/C11H12N2O4S/c1-8-7-11(14)13(12(8)2)9-3-5-10(6-4-9)18(15,16)17/h3-7H,1-2H3,(H,15,16,17). The Morgan fingerprint density at radius 3 is 2.11 bits per heavy atom. The molecule has 1 aromatic carbocycles. The highest BCUT2D eigenvalue weighted by Gasteiger charge is 2.11. The van der Waals surface area contributed by atoms with Crippen LogP contribution in [0.25, 0.3) is 5.69 Å². The SMILES string of the molecule is Cc1cc(=O)n(-c2ccc(S(=O)(=O)O)cc2)n1C. The zero-order valence-corrected chi connectivity index (χ0v) is 10.7. The van der Waals surface area contributed by atoms with Crippen molar-refractivity contribution in [3.63, 3.8) is 0 Å². The molecule has 0 aliphatic rings. The van der Waals surface area contributed by atoms with Gasteiger partial charge in [-0.15, -0.1) is 0 Å². The van der Waals surface area contributed by atoms with Gasteiger partial charge < -0.3 is 0 Å². The van der Waals surface area contributed by atoms with Crippen LogP contribution in [0.3, 0.4) is 0 Å². The van der Waals surface area contributed by atoms with Gasteiger partial charge in [-0.2, -0.15) is 8.42 Å². The van der Waals surface area contributed by atoms with Crippen molar-refractivity contribution in [1.29, 1.82) is 0 Å². The topological polar surface area (TPSA) is 81.3 Å². The third kappa shape index (κ3) is 2.09. The Morgan fingerprint density at radius 1 is 1.17 bits per heavy atom. The van der Waals surface area contributed by atoms with Gasteiger partial charge in [-0.05, 0) is 31.2 Å². The summed E-state index contributed by atoms with van der Waals surface area (Å²) in [6.45, 7) is 1.80. The van der Waals surface area contributed by atoms with E-state index in [0.717, 1.165) is 5.69 Å². The van der Waals surface area contributed by atoms with Gasteiger partial charge in [0.05, 0.1) is 10.6 Å². The van der Waals surface area contributed by atoms with E-state index in [1.165, 1.54) is 35.0 Å². The van der Waals surface area contributed by atoms with Crippen molar-refractivity contribution in [1.82, 2.24) is 9.36 Å². The maximum absolute atomic E-state index is 11.7. The van der Waals surface area contributed by atoms with Crippen molar-refractivity contribution in [3.05, 3.63) is 46.4 Å². The molecular weight excluding hydrogens is 256 g/mol. The molecule has 2 aromatic rings. The van der Waals surface area contributed by atoms with Crippen molar-refractivity contribution < 1.29 is 13.0 Å². The first-order chi connectivity index (χ1) is 8.30. The second-order valence-electron chi connectivity index (χ2n) is 3.93. The molecule has 0 unspecified atom stereocenters. The predicted molar refractivity (Wildman–Crippen MR) is 65.6 cm³/mol. The molecule has 0 radical (unpaired) electrons. The van der Waals surface area contributed by atoms with Gasteiger partial charge in [0.2, 0.25) is 0 Å². The first-order valence-corrected chi connectivity index (χ1v) is 6.58. The molecule has 0 aliphatic heterocycles. The molecule has 6 nitrogen and oxygen atoms in total. The number of hydrogen-bond donors (Lipinski definition) is 1. The molecule has 2 rings (SSSR count). The van der Waals surface area contributed by atoms with Gasteiger partial charge >= 0.3 is 0 Å². The summed E-state index contributed by atoms with van der Waals surface area (Å²) < 4.78 is 33.7. The Bertz CT molecular complexity index is 738. The van der Waals surface area contributed by atoms with Gasteiger partial charge in [0.15, 0.2) is 0 Å². The van der Waals surface area contributed by atoms with Crippen molar-refractivity contribution in [3.8, 4) is 5.69 Å². The highest BCUT2D eigenvalue weighted by Crippen LogP contribution is 2.12. The van der Waals surface area contributed by atoms with Crippen molar-refractivity contribution in [2.24, 2.45) is 7.05 Å². The predicted octanol–water partition coefficient (Wildman–Crippen LogP) is 0.731. The summed E-state index contributed by atoms with van der Waals surface area (Å²) in [7, 11) is -2.48. The first kappa shape index (κ1) is 12.6. The van der Waals surface area contributed by atoms with Gasteiger partial charge in [-0.25, -0.2) is 4.68 Å². The quantitative estimate of drug-likeness (QED) is 0.814. The maximum Gasteiger partial charge on any atom is 0.294 e. The third-order valence-corrected chi connectivity index (χ3v) is 3.60. The van der Waals surface area contributed by atoms with Crippen LogP contribution < -0.4 is 5.56 Å². The Balaban J connectivity index is 2.57. The summed E-state index contributed by atoms with van der Waals surface area (Å²) in [6, 6.07) is 6.91. The fourth-order valence-corrected chi connectivity index (χ4v) is 2.18. The van der Waals surface area contributed by atoms with Crippen LogP contribution in [0.1, 0.15) is 5.69 Å². The van der Waals surface area contributed by atoms with Crippen LogP contribution in [0.5, 0.6) is 0 Å². The second-order valence-corrected chi connectivity index (χ2v) is 5.35. The monoisotopic (exact) mass is 268 g/mol. The Hall–Kier alpha value is -1.86. The summed E-state index contributed by atoms with van der Waals surface area (Å²) in [5.41, 5.74) is 1.12. The smallest absolute Gasteiger partial charge is 0.285 e. The van der Waals surface area contributed by atoms with Crippen LogP contribution in [0.4, 0.5) is 0 Å². The zero-order valence-electron chi connectivity index (χ0n) is 9.86. The van der Waals surface area contributed by atoms with E-state index in [9.17, 15) is 13.2 Å². The first-order valence-electron chi connectivity index (χ1n) is 5.14. The van der Waals surface area contributed by atoms with E-state index in [0.29, 0.717) is 5.69 Å². The number of nitrogens with zero attached hydrogens (tertiary/aromatic N) is 2. The van der Waals surface area contributed by atoms with Gasteiger partial charge in [0, 0.05) is 18.8 Å². The molecule has 0 spiro atoms. The summed E-state index contributed by atoms with van der Waals surface area (Å²) in [6.07, 6.45) is 0.